The van der Waals surface area contributed by atoms with Crippen LogP contribution in [0.25, 0.3) is 0 Å². The highest BCUT2D eigenvalue weighted by Gasteiger charge is 2.43. The van der Waals surface area contributed by atoms with Gasteiger partial charge in [-0.2, -0.15) is 4.98 Å². The first kappa shape index (κ1) is 13.0. The van der Waals surface area contributed by atoms with Crippen molar-refractivity contribution in [2.24, 2.45) is 0 Å². The maximum atomic E-state index is 10.2. The van der Waals surface area contributed by atoms with E-state index < -0.39 is 6.10 Å². The average Bonchev–Trinajstić information content (AvgIpc) is 3.24. The summed E-state index contributed by atoms with van der Waals surface area (Å²) in [5, 5.41) is 14.3. The van der Waals surface area contributed by atoms with E-state index >= 15 is 0 Å². The molecule has 4 unspecified atom stereocenters. The van der Waals surface area contributed by atoms with E-state index in [-0.39, 0.29) is 12.0 Å². The highest BCUT2D eigenvalue weighted by molar-refractivity contribution is 5.18. The van der Waals surface area contributed by atoms with E-state index in [2.05, 4.69) is 10.1 Å². The fourth-order valence-corrected chi connectivity index (χ4v) is 3.37. The molecule has 2 aromatic rings. The number of aliphatic hydroxyl groups is 1. The van der Waals surface area contributed by atoms with Crippen molar-refractivity contribution in [1.82, 2.24) is 10.1 Å². The minimum Gasteiger partial charge on any atom is -0.388 e. The normalized spacial score (nSPS) is 28.9. The molecule has 1 N–H and O–H groups in total. The molecular formula is C16H18N2O3. The molecule has 21 heavy (non-hydrogen) atoms. The number of aromatic nitrogens is 2. The Balaban J connectivity index is 1.45. The van der Waals surface area contributed by atoms with Crippen LogP contribution in [0, 0.1) is 0 Å². The fourth-order valence-electron chi connectivity index (χ4n) is 3.37. The molecule has 3 heterocycles. The van der Waals surface area contributed by atoms with Crippen LogP contribution in [0.15, 0.2) is 34.9 Å². The summed E-state index contributed by atoms with van der Waals surface area (Å²) in [6, 6.07) is 9.53. The second-order valence-corrected chi connectivity index (χ2v) is 5.89. The van der Waals surface area contributed by atoms with Gasteiger partial charge in [0.05, 0.1) is 30.7 Å². The van der Waals surface area contributed by atoms with Crippen LogP contribution >= 0.6 is 0 Å². The van der Waals surface area contributed by atoms with Gasteiger partial charge in [-0.3, -0.25) is 0 Å². The van der Waals surface area contributed by atoms with Gasteiger partial charge >= 0.3 is 0 Å². The van der Waals surface area contributed by atoms with Crippen LogP contribution in [0.3, 0.4) is 0 Å². The third-order valence-electron chi connectivity index (χ3n) is 4.47. The molecular weight excluding hydrogens is 268 g/mol. The molecule has 1 aromatic carbocycles. The zero-order valence-electron chi connectivity index (χ0n) is 11.7. The van der Waals surface area contributed by atoms with Gasteiger partial charge in [-0.25, -0.2) is 0 Å². The predicted molar refractivity (Wildman–Crippen MR) is 74.7 cm³/mol. The minimum atomic E-state index is -0.615. The van der Waals surface area contributed by atoms with Crippen LogP contribution in [0.1, 0.15) is 48.6 Å². The Hall–Kier alpha value is -1.72. The number of fused-ring (bicyclic) bond motifs is 2. The van der Waals surface area contributed by atoms with Gasteiger partial charge in [-0.05, 0) is 24.8 Å². The van der Waals surface area contributed by atoms with Crippen molar-refractivity contribution in [3.63, 3.8) is 0 Å². The number of rotatable bonds is 4. The zero-order chi connectivity index (χ0) is 14.2. The lowest BCUT2D eigenvalue weighted by Crippen LogP contribution is -2.15. The van der Waals surface area contributed by atoms with Crippen LogP contribution in [0.2, 0.25) is 0 Å². The van der Waals surface area contributed by atoms with Crippen LogP contribution in [0.4, 0.5) is 0 Å². The quantitative estimate of drug-likeness (QED) is 0.934. The summed E-state index contributed by atoms with van der Waals surface area (Å²) >= 11 is 0. The summed E-state index contributed by atoms with van der Waals surface area (Å²) in [7, 11) is 0. The molecule has 4 atom stereocenters. The minimum absolute atomic E-state index is 0.250. The predicted octanol–water partition coefficient (Wildman–Crippen LogP) is 2.38. The molecule has 110 valence electrons. The molecule has 2 aliphatic heterocycles. The summed E-state index contributed by atoms with van der Waals surface area (Å²) < 4.78 is 11.1. The van der Waals surface area contributed by atoms with E-state index in [1.807, 2.05) is 30.3 Å². The SMILES string of the molecule is OC(Cc1nc(C2CC3CCC2O3)no1)c1ccccc1. The Morgan fingerprint density at radius 3 is 2.81 bits per heavy atom. The van der Waals surface area contributed by atoms with Gasteiger partial charge < -0.3 is 14.4 Å². The topological polar surface area (TPSA) is 68.4 Å². The zero-order valence-corrected chi connectivity index (χ0v) is 11.7. The molecule has 1 aromatic heterocycles. The van der Waals surface area contributed by atoms with Crippen molar-refractivity contribution in [3.8, 4) is 0 Å². The second kappa shape index (κ2) is 5.24. The molecule has 0 saturated carbocycles. The largest absolute Gasteiger partial charge is 0.388 e. The van der Waals surface area contributed by atoms with Crippen molar-refractivity contribution in [2.75, 3.05) is 0 Å². The molecule has 2 bridgehead atoms. The average molecular weight is 286 g/mol. The van der Waals surface area contributed by atoms with Crippen molar-refractivity contribution >= 4 is 0 Å². The van der Waals surface area contributed by atoms with E-state index in [0.717, 1.165) is 30.7 Å². The lowest BCUT2D eigenvalue weighted by Gasteiger charge is -2.13. The molecule has 0 spiro atoms. The van der Waals surface area contributed by atoms with Crippen molar-refractivity contribution in [1.29, 1.82) is 0 Å². The van der Waals surface area contributed by atoms with Crippen molar-refractivity contribution in [2.45, 2.75) is 49.9 Å². The lowest BCUT2D eigenvalue weighted by molar-refractivity contribution is 0.0996. The van der Waals surface area contributed by atoms with Gasteiger partial charge in [0.15, 0.2) is 5.82 Å². The molecule has 2 saturated heterocycles. The first-order chi connectivity index (χ1) is 10.3. The maximum Gasteiger partial charge on any atom is 0.229 e. The highest BCUT2D eigenvalue weighted by atomic mass is 16.5. The molecule has 4 rings (SSSR count). The summed E-state index contributed by atoms with van der Waals surface area (Å²) in [5.74, 6) is 1.48. The number of hydrogen-bond acceptors (Lipinski definition) is 5. The van der Waals surface area contributed by atoms with Crippen LogP contribution in [0.5, 0.6) is 0 Å². The van der Waals surface area contributed by atoms with Gasteiger partial charge in [0.2, 0.25) is 5.89 Å². The standard InChI is InChI=1S/C16H18N2O3/c19-13(10-4-2-1-3-5-10)9-15-17-16(18-21-15)12-8-11-6-7-14(12)20-11/h1-5,11-14,19H,6-9H2. The van der Waals surface area contributed by atoms with Crippen LogP contribution in [-0.2, 0) is 11.2 Å². The Morgan fingerprint density at radius 2 is 2.10 bits per heavy atom. The summed E-state index contributed by atoms with van der Waals surface area (Å²) in [5.41, 5.74) is 0.862. The lowest BCUT2D eigenvalue weighted by atomic mass is 9.89. The van der Waals surface area contributed by atoms with Gasteiger partial charge in [-0.15, -0.1) is 0 Å². The van der Waals surface area contributed by atoms with E-state index in [4.69, 9.17) is 9.26 Å². The Bertz CT molecular complexity index is 613. The molecule has 0 amide bonds. The van der Waals surface area contributed by atoms with Gasteiger partial charge in [-0.1, -0.05) is 35.5 Å². The molecule has 5 heteroatoms. The van der Waals surface area contributed by atoms with Crippen LogP contribution < -0.4 is 0 Å². The smallest absolute Gasteiger partial charge is 0.229 e. The monoisotopic (exact) mass is 286 g/mol. The van der Waals surface area contributed by atoms with E-state index in [1.54, 1.807) is 0 Å². The van der Waals surface area contributed by atoms with E-state index in [9.17, 15) is 5.11 Å². The number of hydrogen-bond donors (Lipinski definition) is 1. The van der Waals surface area contributed by atoms with E-state index in [1.165, 1.54) is 0 Å². The third-order valence-corrected chi connectivity index (χ3v) is 4.47. The molecule has 2 fully saturated rings. The number of ether oxygens (including phenoxy) is 1. The molecule has 2 aliphatic rings. The Kier molecular flexibility index (Phi) is 3.24. The summed E-state index contributed by atoms with van der Waals surface area (Å²) in [6.07, 6.45) is 3.58. The summed E-state index contributed by atoms with van der Waals surface area (Å²) in [6.45, 7) is 0. The molecule has 0 radical (unpaired) electrons. The van der Waals surface area contributed by atoms with Crippen molar-refractivity contribution < 1.29 is 14.4 Å². The highest BCUT2D eigenvalue weighted by Crippen LogP contribution is 2.43. The van der Waals surface area contributed by atoms with Gasteiger partial charge in [0.25, 0.3) is 0 Å². The molecule has 5 nitrogen and oxygen atoms in total. The van der Waals surface area contributed by atoms with Crippen molar-refractivity contribution in [3.05, 3.63) is 47.6 Å². The summed E-state index contributed by atoms with van der Waals surface area (Å²) in [4.78, 5) is 4.46. The second-order valence-electron chi connectivity index (χ2n) is 5.89. The Labute approximate surface area is 122 Å². The number of aliphatic hydroxyl groups excluding tert-OH is 1. The van der Waals surface area contributed by atoms with Crippen LogP contribution in [-0.4, -0.2) is 27.5 Å². The molecule has 0 aliphatic carbocycles. The van der Waals surface area contributed by atoms with E-state index in [0.29, 0.717) is 18.4 Å². The first-order valence-electron chi connectivity index (χ1n) is 7.50. The maximum absolute atomic E-state index is 10.2. The third kappa shape index (κ3) is 2.47. The Morgan fingerprint density at radius 1 is 1.24 bits per heavy atom. The van der Waals surface area contributed by atoms with Gasteiger partial charge in [0, 0.05) is 0 Å². The fraction of sp³-hybridized carbons (Fsp3) is 0.500. The van der Waals surface area contributed by atoms with Gasteiger partial charge in [0.1, 0.15) is 0 Å². The number of benzene rings is 1. The first-order valence-corrected chi connectivity index (χ1v) is 7.50. The number of nitrogens with zero attached hydrogens (tertiary/aromatic N) is 2.